The highest BCUT2D eigenvalue weighted by atomic mass is 32.1. The van der Waals surface area contributed by atoms with Gasteiger partial charge in [-0.3, -0.25) is 9.59 Å². The van der Waals surface area contributed by atoms with Crippen LogP contribution >= 0.6 is 11.3 Å². The van der Waals surface area contributed by atoms with E-state index in [1.807, 2.05) is 27.3 Å². The van der Waals surface area contributed by atoms with Crippen molar-refractivity contribution >= 4 is 23.2 Å². The highest BCUT2D eigenvalue weighted by Gasteiger charge is 2.29. The lowest BCUT2D eigenvalue weighted by molar-refractivity contribution is -0.136. The van der Waals surface area contributed by atoms with Crippen LogP contribution in [0.3, 0.4) is 0 Å². The molecule has 1 unspecified atom stereocenters. The molecule has 3 heterocycles. The van der Waals surface area contributed by atoms with Crippen molar-refractivity contribution in [1.82, 2.24) is 9.80 Å². The minimum absolute atomic E-state index is 0.0216. The second kappa shape index (κ2) is 7.24. The molecule has 1 atom stereocenters. The number of ether oxygens (including phenoxy) is 1. The van der Waals surface area contributed by atoms with Crippen LogP contribution in [0.1, 0.15) is 17.7 Å². The van der Waals surface area contributed by atoms with E-state index in [0.717, 1.165) is 30.8 Å². The maximum atomic E-state index is 12.4. The Hall–Kier alpha value is -1.40. The Morgan fingerprint density at radius 2 is 2.05 bits per heavy atom. The van der Waals surface area contributed by atoms with Crippen LogP contribution < -0.4 is 0 Å². The molecule has 0 saturated carbocycles. The zero-order valence-corrected chi connectivity index (χ0v) is 13.5. The van der Waals surface area contributed by atoms with Gasteiger partial charge < -0.3 is 14.5 Å². The number of carbonyl (C=O) groups is 2. The van der Waals surface area contributed by atoms with Gasteiger partial charge in [-0.15, -0.1) is 11.3 Å². The zero-order chi connectivity index (χ0) is 15.4. The monoisotopic (exact) mass is 322 g/mol. The van der Waals surface area contributed by atoms with Crippen LogP contribution in [-0.4, -0.2) is 61.0 Å². The summed E-state index contributed by atoms with van der Waals surface area (Å²) in [5, 5.41) is 2.00. The van der Waals surface area contributed by atoms with E-state index < -0.39 is 0 Å². The van der Waals surface area contributed by atoms with Crippen molar-refractivity contribution in [2.45, 2.75) is 19.3 Å². The first-order valence-electron chi connectivity index (χ1n) is 7.91. The van der Waals surface area contributed by atoms with Gasteiger partial charge in [0.25, 0.3) is 0 Å². The topological polar surface area (TPSA) is 49.9 Å². The fraction of sp³-hybridized carbons (Fsp3) is 0.625. The third-order valence-corrected chi connectivity index (χ3v) is 5.22. The third-order valence-electron chi connectivity index (χ3n) is 4.34. The summed E-state index contributed by atoms with van der Waals surface area (Å²) in [4.78, 5) is 29.7. The van der Waals surface area contributed by atoms with Crippen molar-refractivity contribution in [3.05, 3.63) is 22.4 Å². The molecule has 0 aromatic carbocycles. The molecular weight excluding hydrogens is 300 g/mol. The van der Waals surface area contributed by atoms with Crippen LogP contribution in [0, 0.1) is 5.92 Å². The second-order valence-corrected chi connectivity index (χ2v) is 6.91. The summed E-state index contributed by atoms with van der Waals surface area (Å²) in [5.74, 6) is 0.388. The molecule has 2 saturated heterocycles. The predicted molar refractivity (Wildman–Crippen MR) is 84.7 cm³/mol. The first-order valence-corrected chi connectivity index (χ1v) is 8.78. The molecule has 22 heavy (non-hydrogen) atoms. The predicted octanol–water partition coefficient (Wildman–Crippen LogP) is 1.39. The molecule has 0 aliphatic carbocycles. The van der Waals surface area contributed by atoms with Crippen LogP contribution in [0.25, 0.3) is 0 Å². The number of hydrogen-bond acceptors (Lipinski definition) is 4. The number of nitrogens with zero attached hydrogens (tertiary/aromatic N) is 2. The summed E-state index contributed by atoms with van der Waals surface area (Å²) in [6.45, 7) is 4.02. The van der Waals surface area contributed by atoms with Gasteiger partial charge in [0, 0.05) is 37.7 Å². The Bertz CT molecular complexity index is 511. The number of thiophene rings is 1. The van der Waals surface area contributed by atoms with Gasteiger partial charge in [-0.05, 0) is 24.3 Å². The van der Waals surface area contributed by atoms with Crippen LogP contribution in [0.5, 0.6) is 0 Å². The highest BCUT2D eigenvalue weighted by Crippen LogP contribution is 2.17. The summed E-state index contributed by atoms with van der Waals surface area (Å²) in [6.07, 6.45) is 2.16. The standard InChI is InChI=1S/C16H22N2O3S/c19-15(11-14-3-1-10-22-14)17-5-2-6-18(8-7-17)16(20)13-4-9-21-12-13/h1,3,10,13H,2,4-9,11-12H2. The minimum Gasteiger partial charge on any atom is -0.381 e. The van der Waals surface area contributed by atoms with Crippen molar-refractivity contribution in [2.75, 3.05) is 39.4 Å². The first-order chi connectivity index (χ1) is 10.7. The minimum atomic E-state index is 0.0216. The zero-order valence-electron chi connectivity index (χ0n) is 12.7. The van der Waals surface area contributed by atoms with E-state index in [9.17, 15) is 9.59 Å². The largest absolute Gasteiger partial charge is 0.381 e. The quantitative estimate of drug-likeness (QED) is 0.845. The Morgan fingerprint density at radius 3 is 2.77 bits per heavy atom. The van der Waals surface area contributed by atoms with Gasteiger partial charge in [-0.1, -0.05) is 6.07 Å². The molecule has 0 spiro atoms. The number of rotatable bonds is 3. The van der Waals surface area contributed by atoms with E-state index in [2.05, 4.69) is 0 Å². The van der Waals surface area contributed by atoms with Gasteiger partial charge in [0.15, 0.2) is 0 Å². The van der Waals surface area contributed by atoms with E-state index in [-0.39, 0.29) is 17.7 Å². The van der Waals surface area contributed by atoms with E-state index in [1.165, 1.54) is 0 Å². The molecule has 2 amide bonds. The van der Waals surface area contributed by atoms with Gasteiger partial charge in [0.05, 0.1) is 18.9 Å². The van der Waals surface area contributed by atoms with Gasteiger partial charge >= 0.3 is 0 Å². The molecular formula is C16H22N2O3S. The molecule has 3 rings (SSSR count). The number of amides is 2. The highest BCUT2D eigenvalue weighted by molar-refractivity contribution is 7.10. The van der Waals surface area contributed by atoms with Crippen molar-refractivity contribution < 1.29 is 14.3 Å². The normalized spacial score (nSPS) is 22.6. The lowest BCUT2D eigenvalue weighted by Gasteiger charge is -2.24. The molecule has 2 fully saturated rings. The van der Waals surface area contributed by atoms with Crippen LogP contribution in [0.15, 0.2) is 17.5 Å². The average molecular weight is 322 g/mol. The fourth-order valence-electron chi connectivity index (χ4n) is 3.05. The van der Waals surface area contributed by atoms with Crippen molar-refractivity contribution in [3.63, 3.8) is 0 Å². The van der Waals surface area contributed by atoms with E-state index in [1.54, 1.807) is 11.3 Å². The lowest BCUT2D eigenvalue weighted by atomic mass is 10.1. The van der Waals surface area contributed by atoms with Gasteiger partial charge in [-0.25, -0.2) is 0 Å². The maximum Gasteiger partial charge on any atom is 0.228 e. The van der Waals surface area contributed by atoms with Gasteiger partial charge in [-0.2, -0.15) is 0 Å². The third kappa shape index (κ3) is 3.67. The molecule has 1 aromatic heterocycles. The van der Waals surface area contributed by atoms with E-state index in [0.29, 0.717) is 32.7 Å². The maximum absolute atomic E-state index is 12.4. The second-order valence-electron chi connectivity index (χ2n) is 5.88. The molecule has 120 valence electrons. The SMILES string of the molecule is O=C(Cc1cccs1)N1CCCN(C(=O)C2CCOC2)CC1. The summed E-state index contributed by atoms with van der Waals surface area (Å²) >= 11 is 1.62. The molecule has 6 heteroatoms. The molecule has 5 nitrogen and oxygen atoms in total. The first kappa shape index (κ1) is 15.5. The average Bonchev–Trinajstić information content (AvgIpc) is 3.16. The number of carbonyl (C=O) groups excluding carboxylic acids is 2. The summed E-state index contributed by atoms with van der Waals surface area (Å²) in [6, 6.07) is 3.97. The van der Waals surface area contributed by atoms with E-state index >= 15 is 0 Å². The van der Waals surface area contributed by atoms with Gasteiger partial charge in [0.1, 0.15) is 0 Å². The summed E-state index contributed by atoms with van der Waals surface area (Å²) < 4.78 is 5.31. The van der Waals surface area contributed by atoms with E-state index in [4.69, 9.17) is 4.74 Å². The number of hydrogen-bond donors (Lipinski definition) is 0. The van der Waals surface area contributed by atoms with Crippen LogP contribution in [-0.2, 0) is 20.7 Å². The smallest absolute Gasteiger partial charge is 0.228 e. The van der Waals surface area contributed by atoms with Crippen molar-refractivity contribution in [3.8, 4) is 0 Å². The van der Waals surface area contributed by atoms with Crippen molar-refractivity contribution in [2.24, 2.45) is 5.92 Å². The molecule has 0 radical (unpaired) electrons. The molecule has 0 bridgehead atoms. The van der Waals surface area contributed by atoms with Crippen LogP contribution in [0.4, 0.5) is 0 Å². The lowest BCUT2D eigenvalue weighted by Crippen LogP contribution is -2.40. The summed E-state index contributed by atoms with van der Waals surface area (Å²) in [7, 11) is 0. The van der Waals surface area contributed by atoms with Crippen LogP contribution in [0.2, 0.25) is 0 Å². The Kier molecular flexibility index (Phi) is 5.10. The Morgan fingerprint density at radius 1 is 1.23 bits per heavy atom. The summed E-state index contributed by atoms with van der Waals surface area (Å²) in [5.41, 5.74) is 0. The molecule has 0 N–H and O–H groups in total. The van der Waals surface area contributed by atoms with Gasteiger partial charge in [0.2, 0.25) is 11.8 Å². The van der Waals surface area contributed by atoms with Crippen molar-refractivity contribution in [1.29, 1.82) is 0 Å². The molecule has 2 aliphatic heterocycles. The Balaban J connectivity index is 1.53. The molecule has 1 aromatic rings. The Labute approximate surface area is 134 Å². The molecule has 2 aliphatic rings. The fourth-order valence-corrected chi connectivity index (χ4v) is 3.74.